The number of anilines is 1. The minimum atomic E-state index is -0.159. The van der Waals surface area contributed by atoms with E-state index in [9.17, 15) is 5.11 Å². The first kappa shape index (κ1) is 10.9. The van der Waals surface area contributed by atoms with Gasteiger partial charge in [-0.2, -0.15) is 0 Å². The average molecular weight is 271 g/mol. The Morgan fingerprint density at radius 2 is 2.33 bits per heavy atom. The van der Waals surface area contributed by atoms with Gasteiger partial charge in [0.25, 0.3) is 0 Å². The lowest BCUT2D eigenvalue weighted by atomic mass is 9.97. The molecule has 15 heavy (non-hydrogen) atoms. The summed E-state index contributed by atoms with van der Waals surface area (Å²) in [5.74, 6) is 1.31. The Morgan fingerprint density at radius 3 is 3.00 bits per heavy atom. The number of piperidine rings is 1. The lowest BCUT2D eigenvalue weighted by Gasteiger charge is -2.35. The van der Waals surface area contributed by atoms with Crippen LogP contribution in [0.3, 0.4) is 0 Å². The fraction of sp³-hybridized carbons (Fsp3) is 0.545. The minimum absolute atomic E-state index is 0.159. The Hall–Kier alpha value is -0.610. The van der Waals surface area contributed by atoms with Crippen molar-refractivity contribution in [3.8, 4) is 0 Å². The third-order valence-electron chi connectivity index (χ3n) is 2.88. The first-order valence-electron chi connectivity index (χ1n) is 5.22. The van der Waals surface area contributed by atoms with Crippen LogP contribution in [0.15, 0.2) is 22.8 Å². The normalized spacial score (nSPS) is 26.7. The van der Waals surface area contributed by atoms with Gasteiger partial charge in [-0.05, 0) is 40.4 Å². The first-order valence-corrected chi connectivity index (χ1v) is 6.01. The molecule has 82 valence electrons. The zero-order valence-corrected chi connectivity index (χ0v) is 10.3. The molecule has 2 rings (SSSR count). The Balaban J connectivity index is 2.12. The van der Waals surface area contributed by atoms with Crippen LogP contribution in [0, 0.1) is 5.92 Å². The molecule has 0 saturated carbocycles. The van der Waals surface area contributed by atoms with Crippen LogP contribution < -0.4 is 4.90 Å². The van der Waals surface area contributed by atoms with E-state index >= 15 is 0 Å². The minimum Gasteiger partial charge on any atom is -0.393 e. The highest BCUT2D eigenvalue weighted by molar-refractivity contribution is 9.10. The molecule has 1 N–H and O–H groups in total. The zero-order chi connectivity index (χ0) is 10.8. The maximum atomic E-state index is 9.64. The van der Waals surface area contributed by atoms with Gasteiger partial charge in [0, 0.05) is 13.1 Å². The van der Waals surface area contributed by atoms with Gasteiger partial charge >= 0.3 is 0 Å². The molecule has 0 aromatic carbocycles. The molecule has 1 aromatic heterocycles. The van der Waals surface area contributed by atoms with Gasteiger partial charge in [-0.3, -0.25) is 0 Å². The number of aliphatic hydroxyl groups is 1. The second-order valence-electron chi connectivity index (χ2n) is 4.10. The molecule has 0 amide bonds. The monoisotopic (exact) mass is 270 g/mol. The van der Waals surface area contributed by atoms with Crippen LogP contribution in [-0.4, -0.2) is 29.3 Å². The predicted molar refractivity (Wildman–Crippen MR) is 63.9 cm³/mol. The lowest BCUT2D eigenvalue weighted by Crippen LogP contribution is -2.42. The molecule has 0 spiro atoms. The SMILES string of the molecule is CC1CN(c2cccc(Br)n2)CCC1O. The van der Waals surface area contributed by atoms with Crippen molar-refractivity contribution < 1.29 is 5.11 Å². The molecule has 2 heterocycles. The lowest BCUT2D eigenvalue weighted by molar-refractivity contribution is 0.0969. The van der Waals surface area contributed by atoms with Gasteiger partial charge in [0.05, 0.1) is 6.10 Å². The van der Waals surface area contributed by atoms with Crippen molar-refractivity contribution in [1.29, 1.82) is 0 Å². The van der Waals surface area contributed by atoms with Crippen molar-refractivity contribution in [2.45, 2.75) is 19.4 Å². The topological polar surface area (TPSA) is 36.4 Å². The van der Waals surface area contributed by atoms with Gasteiger partial charge in [-0.1, -0.05) is 13.0 Å². The van der Waals surface area contributed by atoms with Crippen molar-refractivity contribution in [2.75, 3.05) is 18.0 Å². The van der Waals surface area contributed by atoms with E-state index in [-0.39, 0.29) is 6.10 Å². The number of pyridine rings is 1. The number of rotatable bonds is 1. The second-order valence-corrected chi connectivity index (χ2v) is 4.91. The fourth-order valence-corrected chi connectivity index (χ4v) is 2.25. The highest BCUT2D eigenvalue weighted by Gasteiger charge is 2.24. The molecule has 4 heteroatoms. The molecule has 0 radical (unpaired) electrons. The summed E-state index contributed by atoms with van der Waals surface area (Å²) >= 11 is 3.37. The number of aromatic nitrogens is 1. The van der Waals surface area contributed by atoms with E-state index in [1.807, 2.05) is 18.2 Å². The summed E-state index contributed by atoms with van der Waals surface area (Å²) in [7, 11) is 0. The molecule has 1 fully saturated rings. The van der Waals surface area contributed by atoms with E-state index in [4.69, 9.17) is 0 Å². The Kier molecular flexibility index (Phi) is 3.26. The summed E-state index contributed by atoms with van der Waals surface area (Å²) in [6, 6.07) is 5.92. The third-order valence-corrected chi connectivity index (χ3v) is 3.33. The quantitative estimate of drug-likeness (QED) is 0.794. The Bertz CT molecular complexity index is 345. The van der Waals surface area contributed by atoms with Crippen molar-refractivity contribution >= 4 is 21.7 Å². The van der Waals surface area contributed by atoms with Gasteiger partial charge in [0.15, 0.2) is 0 Å². The van der Waals surface area contributed by atoms with Crippen LogP contribution >= 0.6 is 15.9 Å². The third kappa shape index (κ3) is 2.49. The van der Waals surface area contributed by atoms with E-state index in [0.717, 1.165) is 29.9 Å². The van der Waals surface area contributed by atoms with Crippen molar-refractivity contribution in [3.63, 3.8) is 0 Å². The van der Waals surface area contributed by atoms with Gasteiger partial charge in [-0.15, -0.1) is 0 Å². The van der Waals surface area contributed by atoms with E-state index in [0.29, 0.717) is 5.92 Å². The number of aliphatic hydroxyl groups excluding tert-OH is 1. The highest BCUT2D eigenvalue weighted by Crippen LogP contribution is 2.22. The molecule has 0 bridgehead atoms. The summed E-state index contributed by atoms with van der Waals surface area (Å²) in [6.45, 7) is 3.84. The molecule has 2 unspecified atom stereocenters. The Labute approximate surface area is 98.3 Å². The van der Waals surface area contributed by atoms with Gasteiger partial charge in [-0.25, -0.2) is 4.98 Å². The standard InChI is InChI=1S/C11H15BrN2O/c1-8-7-14(6-5-9(8)15)11-4-2-3-10(12)13-11/h2-4,8-9,15H,5-7H2,1H3. The molecular formula is C11H15BrN2O. The van der Waals surface area contributed by atoms with Crippen LogP contribution in [0.5, 0.6) is 0 Å². The fourth-order valence-electron chi connectivity index (χ4n) is 1.91. The maximum absolute atomic E-state index is 9.64. The molecule has 1 saturated heterocycles. The maximum Gasteiger partial charge on any atom is 0.129 e. The van der Waals surface area contributed by atoms with Crippen LogP contribution in [0.1, 0.15) is 13.3 Å². The summed E-state index contributed by atoms with van der Waals surface area (Å²) in [5, 5.41) is 9.64. The van der Waals surface area contributed by atoms with Crippen LogP contribution in [0.4, 0.5) is 5.82 Å². The molecule has 1 aliphatic rings. The number of nitrogens with zero attached hydrogens (tertiary/aromatic N) is 2. The van der Waals surface area contributed by atoms with Crippen LogP contribution in [0.2, 0.25) is 0 Å². The van der Waals surface area contributed by atoms with Gasteiger partial charge in [0.1, 0.15) is 10.4 Å². The Morgan fingerprint density at radius 1 is 1.53 bits per heavy atom. The zero-order valence-electron chi connectivity index (χ0n) is 8.73. The summed E-state index contributed by atoms with van der Waals surface area (Å²) < 4.78 is 0.860. The highest BCUT2D eigenvalue weighted by atomic mass is 79.9. The molecular weight excluding hydrogens is 256 g/mol. The molecule has 1 aliphatic heterocycles. The number of hydrogen-bond acceptors (Lipinski definition) is 3. The van der Waals surface area contributed by atoms with E-state index in [2.05, 4.69) is 32.7 Å². The molecule has 3 nitrogen and oxygen atoms in total. The molecule has 0 aliphatic carbocycles. The smallest absolute Gasteiger partial charge is 0.129 e. The van der Waals surface area contributed by atoms with Crippen LogP contribution in [0.25, 0.3) is 0 Å². The van der Waals surface area contributed by atoms with Crippen LogP contribution in [-0.2, 0) is 0 Å². The number of halogens is 1. The number of hydrogen-bond donors (Lipinski definition) is 1. The van der Waals surface area contributed by atoms with Gasteiger partial charge < -0.3 is 10.0 Å². The van der Waals surface area contributed by atoms with Gasteiger partial charge in [0.2, 0.25) is 0 Å². The average Bonchev–Trinajstić information content (AvgIpc) is 2.22. The molecule has 2 atom stereocenters. The second kappa shape index (κ2) is 4.49. The summed E-state index contributed by atoms with van der Waals surface area (Å²) in [4.78, 5) is 6.64. The first-order chi connectivity index (χ1) is 7.16. The van der Waals surface area contributed by atoms with E-state index < -0.39 is 0 Å². The summed E-state index contributed by atoms with van der Waals surface area (Å²) in [6.07, 6.45) is 0.670. The predicted octanol–water partition coefficient (Wildman–Crippen LogP) is 2.05. The van der Waals surface area contributed by atoms with Crippen molar-refractivity contribution in [3.05, 3.63) is 22.8 Å². The molecule has 1 aromatic rings. The van der Waals surface area contributed by atoms with E-state index in [1.54, 1.807) is 0 Å². The van der Waals surface area contributed by atoms with E-state index in [1.165, 1.54) is 0 Å². The largest absolute Gasteiger partial charge is 0.393 e. The van der Waals surface area contributed by atoms with Crippen molar-refractivity contribution in [1.82, 2.24) is 4.98 Å². The summed E-state index contributed by atoms with van der Waals surface area (Å²) in [5.41, 5.74) is 0. The van der Waals surface area contributed by atoms with Crippen molar-refractivity contribution in [2.24, 2.45) is 5.92 Å².